The molecule has 0 saturated carbocycles. The SMILES string of the molecule is CCCC/C=C\C=C/CCCCCC(=O)OC(COC(=O)CCCCCCCCCCCCC)COC(=O)CCCCCCCCCCCCCCCC. The van der Waals surface area contributed by atoms with Gasteiger partial charge in [0.05, 0.1) is 0 Å². The van der Waals surface area contributed by atoms with Gasteiger partial charge in [-0.05, 0) is 38.5 Å². The molecular weight excluding hydrogens is 673 g/mol. The Balaban J connectivity index is 4.36. The molecular formula is C48H88O6. The van der Waals surface area contributed by atoms with Crippen molar-refractivity contribution < 1.29 is 28.6 Å². The lowest BCUT2D eigenvalue weighted by atomic mass is 10.0. The Kier molecular flexibility index (Phi) is 41.9. The molecule has 0 aliphatic rings. The van der Waals surface area contributed by atoms with E-state index >= 15 is 0 Å². The second-order valence-corrected chi connectivity index (χ2v) is 15.7. The van der Waals surface area contributed by atoms with E-state index in [9.17, 15) is 14.4 Å². The summed E-state index contributed by atoms with van der Waals surface area (Å²) < 4.78 is 16.7. The molecule has 0 aromatic rings. The molecule has 54 heavy (non-hydrogen) atoms. The highest BCUT2D eigenvalue weighted by Gasteiger charge is 2.19. The smallest absolute Gasteiger partial charge is 0.306 e. The van der Waals surface area contributed by atoms with Crippen molar-refractivity contribution in [2.45, 2.75) is 252 Å². The molecule has 0 spiro atoms. The summed E-state index contributed by atoms with van der Waals surface area (Å²) in [6, 6.07) is 0. The van der Waals surface area contributed by atoms with Crippen molar-refractivity contribution in [1.82, 2.24) is 0 Å². The summed E-state index contributed by atoms with van der Waals surface area (Å²) in [5.74, 6) is -0.900. The van der Waals surface area contributed by atoms with Crippen molar-refractivity contribution in [3.8, 4) is 0 Å². The summed E-state index contributed by atoms with van der Waals surface area (Å²) in [7, 11) is 0. The van der Waals surface area contributed by atoms with Gasteiger partial charge in [0.25, 0.3) is 0 Å². The number of carbonyl (C=O) groups excluding carboxylic acids is 3. The molecule has 0 aliphatic heterocycles. The number of hydrogen-bond donors (Lipinski definition) is 0. The van der Waals surface area contributed by atoms with Crippen LogP contribution in [0, 0.1) is 0 Å². The van der Waals surface area contributed by atoms with Crippen LogP contribution in [0.4, 0.5) is 0 Å². The van der Waals surface area contributed by atoms with Crippen LogP contribution in [0.3, 0.4) is 0 Å². The lowest BCUT2D eigenvalue weighted by Gasteiger charge is -2.18. The van der Waals surface area contributed by atoms with Crippen LogP contribution in [0.1, 0.15) is 245 Å². The molecule has 0 aliphatic carbocycles. The van der Waals surface area contributed by atoms with Crippen LogP contribution >= 0.6 is 0 Å². The second-order valence-electron chi connectivity index (χ2n) is 15.7. The highest BCUT2D eigenvalue weighted by Crippen LogP contribution is 2.15. The quantitative estimate of drug-likeness (QED) is 0.0267. The fourth-order valence-corrected chi connectivity index (χ4v) is 6.65. The number of ether oxygens (including phenoxy) is 3. The zero-order valence-corrected chi connectivity index (χ0v) is 36.0. The first-order valence-corrected chi connectivity index (χ1v) is 23.4. The summed E-state index contributed by atoms with van der Waals surface area (Å²) in [5.41, 5.74) is 0. The van der Waals surface area contributed by atoms with Crippen LogP contribution < -0.4 is 0 Å². The maximum atomic E-state index is 12.7. The average Bonchev–Trinajstić information content (AvgIpc) is 3.17. The Labute approximate surface area is 334 Å². The van der Waals surface area contributed by atoms with E-state index in [1.807, 2.05) is 0 Å². The Hall–Kier alpha value is -2.11. The highest BCUT2D eigenvalue weighted by atomic mass is 16.6. The van der Waals surface area contributed by atoms with Gasteiger partial charge in [-0.1, -0.05) is 212 Å². The van der Waals surface area contributed by atoms with Crippen LogP contribution in [0.2, 0.25) is 0 Å². The average molecular weight is 761 g/mol. The van der Waals surface area contributed by atoms with E-state index in [1.165, 1.54) is 135 Å². The largest absolute Gasteiger partial charge is 0.462 e. The fourth-order valence-electron chi connectivity index (χ4n) is 6.65. The molecule has 0 heterocycles. The van der Waals surface area contributed by atoms with Gasteiger partial charge in [0.1, 0.15) is 13.2 Å². The first kappa shape index (κ1) is 51.9. The van der Waals surface area contributed by atoms with E-state index in [-0.39, 0.29) is 31.1 Å². The van der Waals surface area contributed by atoms with Crippen molar-refractivity contribution in [1.29, 1.82) is 0 Å². The van der Waals surface area contributed by atoms with E-state index in [2.05, 4.69) is 45.1 Å². The molecule has 0 aromatic carbocycles. The molecule has 6 nitrogen and oxygen atoms in total. The first-order chi connectivity index (χ1) is 26.5. The molecule has 0 aromatic heterocycles. The minimum atomic E-state index is -0.776. The van der Waals surface area contributed by atoms with Gasteiger partial charge in [0.15, 0.2) is 6.10 Å². The maximum Gasteiger partial charge on any atom is 0.306 e. The predicted molar refractivity (Wildman–Crippen MR) is 229 cm³/mol. The summed E-state index contributed by atoms with van der Waals surface area (Å²) in [6.07, 6.45) is 47.3. The third kappa shape index (κ3) is 41.1. The topological polar surface area (TPSA) is 78.9 Å². The number of unbranched alkanes of at least 4 members (excludes halogenated alkanes) is 28. The summed E-state index contributed by atoms with van der Waals surface area (Å²) in [5, 5.41) is 0. The number of allylic oxidation sites excluding steroid dienone is 4. The first-order valence-electron chi connectivity index (χ1n) is 23.4. The highest BCUT2D eigenvalue weighted by molar-refractivity contribution is 5.71. The van der Waals surface area contributed by atoms with Crippen LogP contribution in [0.15, 0.2) is 24.3 Å². The molecule has 1 atom stereocenters. The number of esters is 3. The van der Waals surface area contributed by atoms with Gasteiger partial charge >= 0.3 is 17.9 Å². The third-order valence-electron chi connectivity index (χ3n) is 10.2. The van der Waals surface area contributed by atoms with E-state index in [0.29, 0.717) is 19.3 Å². The van der Waals surface area contributed by atoms with E-state index in [0.717, 1.165) is 70.6 Å². The van der Waals surface area contributed by atoms with E-state index in [1.54, 1.807) is 0 Å². The summed E-state index contributed by atoms with van der Waals surface area (Å²) >= 11 is 0. The molecule has 316 valence electrons. The number of rotatable bonds is 42. The van der Waals surface area contributed by atoms with Gasteiger partial charge in [-0.3, -0.25) is 14.4 Å². The van der Waals surface area contributed by atoms with Crippen molar-refractivity contribution >= 4 is 17.9 Å². The number of carbonyl (C=O) groups is 3. The summed E-state index contributed by atoms with van der Waals surface area (Å²) in [6.45, 7) is 6.56. The van der Waals surface area contributed by atoms with Crippen molar-refractivity contribution in [3.05, 3.63) is 24.3 Å². The maximum absolute atomic E-state index is 12.7. The molecule has 0 bridgehead atoms. The van der Waals surface area contributed by atoms with E-state index in [4.69, 9.17) is 14.2 Å². The van der Waals surface area contributed by atoms with Gasteiger partial charge < -0.3 is 14.2 Å². The predicted octanol–water partition coefficient (Wildman–Crippen LogP) is 14.8. The van der Waals surface area contributed by atoms with Crippen LogP contribution in [-0.4, -0.2) is 37.2 Å². The zero-order valence-electron chi connectivity index (χ0n) is 36.0. The molecule has 1 unspecified atom stereocenters. The van der Waals surface area contributed by atoms with Crippen molar-refractivity contribution in [2.75, 3.05) is 13.2 Å². The van der Waals surface area contributed by atoms with Crippen LogP contribution in [0.5, 0.6) is 0 Å². The molecule has 0 N–H and O–H groups in total. The third-order valence-corrected chi connectivity index (χ3v) is 10.2. The molecule has 0 fully saturated rings. The Morgan fingerprint density at radius 1 is 0.370 bits per heavy atom. The van der Waals surface area contributed by atoms with Gasteiger partial charge in [-0.25, -0.2) is 0 Å². The van der Waals surface area contributed by atoms with Crippen LogP contribution in [0.25, 0.3) is 0 Å². The summed E-state index contributed by atoms with van der Waals surface area (Å²) in [4.78, 5) is 37.7. The van der Waals surface area contributed by atoms with E-state index < -0.39 is 6.10 Å². The molecule has 0 radical (unpaired) electrons. The minimum Gasteiger partial charge on any atom is -0.462 e. The second kappa shape index (κ2) is 43.6. The number of hydrogen-bond acceptors (Lipinski definition) is 6. The van der Waals surface area contributed by atoms with Gasteiger partial charge in [0, 0.05) is 19.3 Å². The monoisotopic (exact) mass is 761 g/mol. The fraction of sp³-hybridized carbons (Fsp3) is 0.854. The molecule has 0 amide bonds. The van der Waals surface area contributed by atoms with Gasteiger partial charge in [-0.2, -0.15) is 0 Å². The lowest BCUT2D eigenvalue weighted by Crippen LogP contribution is -2.30. The normalized spacial score (nSPS) is 12.1. The van der Waals surface area contributed by atoms with Crippen molar-refractivity contribution in [2.24, 2.45) is 0 Å². The molecule has 0 rings (SSSR count). The van der Waals surface area contributed by atoms with Gasteiger partial charge in [0.2, 0.25) is 0 Å². The van der Waals surface area contributed by atoms with Crippen molar-refractivity contribution in [3.63, 3.8) is 0 Å². The Morgan fingerprint density at radius 2 is 0.667 bits per heavy atom. The standard InChI is InChI=1S/C48H88O6/c1-4-7-10-13-16-19-22-23-24-27-29-32-35-38-41-47(50)53-44-45(54-48(51)42-39-36-33-30-26-21-18-15-12-9-6-3)43-52-46(49)40-37-34-31-28-25-20-17-14-11-8-5-2/h15,18,21,26,45H,4-14,16-17,19-20,22-25,27-44H2,1-3H3/b18-15-,26-21-. The Bertz CT molecular complexity index is 880. The van der Waals surface area contributed by atoms with Gasteiger partial charge in [-0.15, -0.1) is 0 Å². The molecule has 0 saturated heterocycles. The molecule has 6 heteroatoms. The van der Waals surface area contributed by atoms with Crippen LogP contribution in [-0.2, 0) is 28.6 Å². The zero-order chi connectivity index (χ0) is 39.4. The lowest BCUT2D eigenvalue weighted by molar-refractivity contribution is -0.167. The minimum absolute atomic E-state index is 0.0779. The Morgan fingerprint density at radius 3 is 1.04 bits per heavy atom.